The minimum Gasteiger partial charge on any atom is -0.383 e. The summed E-state index contributed by atoms with van der Waals surface area (Å²) in [6.07, 6.45) is 3.03. The Morgan fingerprint density at radius 2 is 2.17 bits per heavy atom. The van der Waals surface area contributed by atoms with Gasteiger partial charge in [-0.2, -0.15) is 0 Å². The lowest BCUT2D eigenvalue weighted by Gasteiger charge is -2.16. The maximum Gasteiger partial charge on any atom is 0.242 e. The molecule has 100 valence electrons. The zero-order valence-electron chi connectivity index (χ0n) is 11.2. The van der Waals surface area contributed by atoms with E-state index >= 15 is 0 Å². The first-order valence-corrected chi connectivity index (χ1v) is 6.23. The Labute approximate surface area is 107 Å². The van der Waals surface area contributed by atoms with Crippen LogP contribution in [-0.4, -0.2) is 28.5 Å². The highest BCUT2D eigenvalue weighted by atomic mass is 16.2. The van der Waals surface area contributed by atoms with Crippen molar-refractivity contribution in [2.24, 2.45) is 0 Å². The first kappa shape index (κ1) is 14.2. The zero-order valence-corrected chi connectivity index (χ0v) is 11.2. The minimum absolute atomic E-state index is 0.0453. The van der Waals surface area contributed by atoms with Gasteiger partial charge in [0, 0.05) is 12.1 Å². The molecule has 1 aromatic rings. The number of carbonyl (C=O) groups is 1. The van der Waals surface area contributed by atoms with Gasteiger partial charge < -0.3 is 16.4 Å². The number of anilines is 2. The van der Waals surface area contributed by atoms with Gasteiger partial charge in [-0.1, -0.05) is 13.8 Å². The molecule has 1 atom stereocenters. The van der Waals surface area contributed by atoms with Gasteiger partial charge in [0.2, 0.25) is 5.91 Å². The third kappa shape index (κ3) is 3.58. The lowest BCUT2D eigenvalue weighted by molar-refractivity contribution is -0.121. The number of amides is 1. The molecule has 0 aromatic carbocycles. The van der Waals surface area contributed by atoms with Crippen molar-refractivity contribution in [1.29, 1.82) is 0 Å². The molecule has 1 amide bonds. The standard InChI is InChI=1S/C12H21N5O/c1-4-6-14-12(18)8(3)17-11-9(5-2)10(13)15-7-16-11/h7-8H,4-6H2,1-3H3,(H,14,18)(H3,13,15,16,17). The van der Waals surface area contributed by atoms with Crippen LogP contribution in [0.1, 0.15) is 32.8 Å². The fraction of sp³-hybridized carbons (Fsp3) is 0.583. The monoisotopic (exact) mass is 251 g/mol. The highest BCUT2D eigenvalue weighted by molar-refractivity contribution is 5.84. The van der Waals surface area contributed by atoms with Gasteiger partial charge in [-0.3, -0.25) is 4.79 Å². The topological polar surface area (TPSA) is 92.9 Å². The third-order valence-corrected chi connectivity index (χ3v) is 2.63. The van der Waals surface area contributed by atoms with Crippen LogP contribution in [0.25, 0.3) is 0 Å². The van der Waals surface area contributed by atoms with Crippen LogP contribution in [0, 0.1) is 0 Å². The number of nitrogens with two attached hydrogens (primary N) is 1. The molecule has 0 aliphatic heterocycles. The Morgan fingerprint density at radius 3 is 2.78 bits per heavy atom. The largest absolute Gasteiger partial charge is 0.383 e. The van der Waals surface area contributed by atoms with Crippen LogP contribution in [0.5, 0.6) is 0 Å². The number of nitrogens with one attached hydrogen (secondary N) is 2. The van der Waals surface area contributed by atoms with Gasteiger partial charge in [-0.05, 0) is 19.8 Å². The Kier molecular flexibility index (Phi) is 5.35. The Hall–Kier alpha value is -1.85. The molecule has 0 aliphatic carbocycles. The molecule has 1 unspecified atom stereocenters. The van der Waals surface area contributed by atoms with Crippen molar-refractivity contribution >= 4 is 17.5 Å². The molecule has 18 heavy (non-hydrogen) atoms. The highest BCUT2D eigenvalue weighted by Crippen LogP contribution is 2.18. The molecule has 6 nitrogen and oxygen atoms in total. The first-order valence-electron chi connectivity index (χ1n) is 6.23. The van der Waals surface area contributed by atoms with Crippen LogP contribution in [0.2, 0.25) is 0 Å². The molecular formula is C12H21N5O. The number of nitrogen functional groups attached to an aromatic ring is 1. The van der Waals surface area contributed by atoms with E-state index in [0.717, 1.165) is 18.4 Å². The van der Waals surface area contributed by atoms with Crippen LogP contribution in [-0.2, 0) is 11.2 Å². The Balaban J connectivity index is 2.72. The summed E-state index contributed by atoms with van der Waals surface area (Å²) in [7, 11) is 0. The molecule has 4 N–H and O–H groups in total. The van der Waals surface area contributed by atoms with Crippen LogP contribution in [0.4, 0.5) is 11.6 Å². The summed E-state index contributed by atoms with van der Waals surface area (Å²) in [4.78, 5) is 19.8. The van der Waals surface area contributed by atoms with Crippen molar-refractivity contribution in [2.75, 3.05) is 17.6 Å². The summed E-state index contributed by atoms with van der Waals surface area (Å²) in [6, 6.07) is -0.351. The molecule has 1 rings (SSSR count). The SMILES string of the molecule is CCCNC(=O)C(C)Nc1ncnc(N)c1CC. The molecule has 1 aromatic heterocycles. The first-order chi connectivity index (χ1) is 8.60. The van der Waals surface area contributed by atoms with Crippen LogP contribution in [0.3, 0.4) is 0 Å². The van der Waals surface area contributed by atoms with E-state index in [0.29, 0.717) is 18.2 Å². The number of rotatable bonds is 6. The minimum atomic E-state index is -0.351. The van der Waals surface area contributed by atoms with Crippen LogP contribution < -0.4 is 16.4 Å². The molecule has 0 radical (unpaired) electrons. The summed E-state index contributed by atoms with van der Waals surface area (Å²) in [5.74, 6) is 1.04. The van der Waals surface area contributed by atoms with E-state index in [4.69, 9.17) is 5.73 Å². The van der Waals surface area contributed by atoms with Gasteiger partial charge >= 0.3 is 0 Å². The summed E-state index contributed by atoms with van der Waals surface area (Å²) in [5, 5.41) is 5.90. The average molecular weight is 251 g/mol. The Morgan fingerprint density at radius 1 is 1.44 bits per heavy atom. The smallest absolute Gasteiger partial charge is 0.242 e. The second-order valence-electron chi connectivity index (χ2n) is 4.10. The van der Waals surface area contributed by atoms with Gasteiger partial charge in [-0.25, -0.2) is 9.97 Å². The van der Waals surface area contributed by atoms with Crippen molar-refractivity contribution in [2.45, 2.75) is 39.7 Å². The van der Waals surface area contributed by atoms with Crippen molar-refractivity contribution in [3.63, 3.8) is 0 Å². The van der Waals surface area contributed by atoms with Gasteiger partial charge in [-0.15, -0.1) is 0 Å². The van der Waals surface area contributed by atoms with E-state index in [-0.39, 0.29) is 11.9 Å². The molecule has 0 saturated heterocycles. The van der Waals surface area contributed by atoms with E-state index in [9.17, 15) is 4.79 Å². The maximum atomic E-state index is 11.7. The molecule has 0 bridgehead atoms. The average Bonchev–Trinajstić information content (AvgIpc) is 2.36. The van der Waals surface area contributed by atoms with Gasteiger partial charge in [0.05, 0.1) is 0 Å². The van der Waals surface area contributed by atoms with E-state index < -0.39 is 0 Å². The number of hydrogen-bond acceptors (Lipinski definition) is 5. The molecule has 0 spiro atoms. The van der Waals surface area contributed by atoms with Crippen LogP contribution >= 0.6 is 0 Å². The number of aromatic nitrogens is 2. The van der Waals surface area contributed by atoms with E-state index in [2.05, 4.69) is 20.6 Å². The Bertz CT molecular complexity index is 407. The van der Waals surface area contributed by atoms with Crippen LogP contribution in [0.15, 0.2) is 6.33 Å². The van der Waals surface area contributed by atoms with Crippen molar-refractivity contribution in [3.8, 4) is 0 Å². The van der Waals surface area contributed by atoms with Gasteiger partial charge in [0.1, 0.15) is 24.0 Å². The van der Waals surface area contributed by atoms with Crippen molar-refractivity contribution < 1.29 is 4.79 Å². The molecule has 0 fully saturated rings. The summed E-state index contributed by atoms with van der Waals surface area (Å²) in [6.45, 7) is 6.46. The second-order valence-corrected chi connectivity index (χ2v) is 4.10. The lowest BCUT2D eigenvalue weighted by Crippen LogP contribution is -2.38. The lowest BCUT2D eigenvalue weighted by atomic mass is 10.2. The summed E-state index contributed by atoms with van der Waals surface area (Å²) < 4.78 is 0. The normalized spacial score (nSPS) is 11.9. The number of nitrogens with zero attached hydrogens (tertiary/aromatic N) is 2. The number of carbonyl (C=O) groups excluding carboxylic acids is 1. The molecule has 6 heteroatoms. The molecular weight excluding hydrogens is 230 g/mol. The fourth-order valence-electron chi connectivity index (χ4n) is 1.57. The van der Waals surface area contributed by atoms with Crippen molar-refractivity contribution in [1.82, 2.24) is 15.3 Å². The zero-order chi connectivity index (χ0) is 13.5. The predicted octanol–water partition coefficient (Wildman–Crippen LogP) is 0.948. The second kappa shape index (κ2) is 6.78. The molecule has 1 heterocycles. The van der Waals surface area contributed by atoms with E-state index in [1.165, 1.54) is 6.33 Å². The van der Waals surface area contributed by atoms with E-state index in [1.807, 2.05) is 13.8 Å². The third-order valence-electron chi connectivity index (χ3n) is 2.63. The summed E-state index contributed by atoms with van der Waals surface area (Å²) in [5.41, 5.74) is 6.61. The molecule has 0 saturated carbocycles. The predicted molar refractivity (Wildman–Crippen MR) is 72.2 cm³/mol. The number of hydrogen-bond donors (Lipinski definition) is 3. The molecule has 0 aliphatic rings. The summed E-state index contributed by atoms with van der Waals surface area (Å²) >= 11 is 0. The van der Waals surface area contributed by atoms with Crippen molar-refractivity contribution in [3.05, 3.63) is 11.9 Å². The quantitative estimate of drug-likeness (QED) is 0.700. The van der Waals surface area contributed by atoms with E-state index in [1.54, 1.807) is 6.92 Å². The van der Waals surface area contributed by atoms with Gasteiger partial charge in [0.15, 0.2) is 0 Å². The maximum absolute atomic E-state index is 11.7. The highest BCUT2D eigenvalue weighted by Gasteiger charge is 2.15. The van der Waals surface area contributed by atoms with Gasteiger partial charge in [0.25, 0.3) is 0 Å². The fourth-order valence-corrected chi connectivity index (χ4v) is 1.57.